The minimum atomic E-state index is 0.000764. The summed E-state index contributed by atoms with van der Waals surface area (Å²) >= 11 is 3.35. The lowest BCUT2D eigenvalue weighted by atomic mass is 10.2. The predicted molar refractivity (Wildman–Crippen MR) is 64.3 cm³/mol. The van der Waals surface area contributed by atoms with Gasteiger partial charge in [0.25, 0.3) is 5.91 Å². The number of nitrogens with one attached hydrogen (secondary N) is 1. The van der Waals surface area contributed by atoms with E-state index < -0.39 is 0 Å². The molecule has 1 aliphatic rings. The van der Waals surface area contributed by atoms with Crippen LogP contribution in [0.25, 0.3) is 0 Å². The smallest absolute Gasteiger partial charge is 0.275 e. The van der Waals surface area contributed by atoms with Crippen molar-refractivity contribution >= 4 is 21.8 Å². The van der Waals surface area contributed by atoms with Crippen molar-refractivity contribution in [1.82, 2.24) is 20.0 Å². The van der Waals surface area contributed by atoms with Crippen LogP contribution in [0, 0.1) is 0 Å². The van der Waals surface area contributed by atoms with E-state index in [0.29, 0.717) is 11.7 Å². The van der Waals surface area contributed by atoms with E-state index in [1.165, 1.54) is 0 Å². The first-order valence-electron chi connectivity index (χ1n) is 5.29. The van der Waals surface area contributed by atoms with Crippen LogP contribution in [0.4, 0.5) is 0 Å². The molecule has 88 valence electrons. The molecule has 1 amide bonds. The zero-order chi connectivity index (χ0) is 11.7. The highest BCUT2D eigenvalue weighted by molar-refractivity contribution is 9.10. The molecule has 2 heterocycles. The lowest BCUT2D eigenvalue weighted by Crippen LogP contribution is -2.51. The van der Waals surface area contributed by atoms with Gasteiger partial charge in [0, 0.05) is 38.9 Å². The number of hydrogen-bond donors (Lipinski definition) is 1. The molecule has 0 saturated carbocycles. The maximum atomic E-state index is 12.2. The molecule has 0 spiro atoms. The van der Waals surface area contributed by atoms with Gasteiger partial charge in [0.2, 0.25) is 0 Å². The highest BCUT2D eigenvalue weighted by Gasteiger charge is 2.25. The zero-order valence-corrected chi connectivity index (χ0v) is 11.0. The molecule has 1 N–H and O–H groups in total. The quantitative estimate of drug-likeness (QED) is 0.823. The summed E-state index contributed by atoms with van der Waals surface area (Å²) in [6.07, 6.45) is 1.79. The molecule has 0 aliphatic carbocycles. The third-order valence-corrected chi connectivity index (χ3v) is 3.22. The van der Waals surface area contributed by atoms with E-state index in [4.69, 9.17) is 0 Å². The van der Waals surface area contributed by atoms with Gasteiger partial charge in [0.1, 0.15) is 0 Å². The van der Waals surface area contributed by atoms with Crippen LogP contribution in [-0.2, 0) is 7.05 Å². The van der Waals surface area contributed by atoms with Crippen LogP contribution in [-0.4, -0.2) is 46.3 Å². The Morgan fingerprint density at radius 3 is 3.00 bits per heavy atom. The van der Waals surface area contributed by atoms with Crippen molar-refractivity contribution in [2.75, 3.05) is 19.6 Å². The lowest BCUT2D eigenvalue weighted by molar-refractivity contribution is 0.0701. The SMILES string of the molecule is C[C@H]1CN(C(=O)c2nn(C)cc2Br)CCN1. The third-order valence-electron chi connectivity index (χ3n) is 2.64. The van der Waals surface area contributed by atoms with Gasteiger partial charge in [-0.15, -0.1) is 0 Å². The van der Waals surface area contributed by atoms with E-state index in [1.54, 1.807) is 10.9 Å². The Balaban J connectivity index is 2.15. The number of carbonyl (C=O) groups is 1. The highest BCUT2D eigenvalue weighted by atomic mass is 79.9. The summed E-state index contributed by atoms with van der Waals surface area (Å²) in [5, 5.41) is 7.48. The van der Waals surface area contributed by atoms with E-state index in [0.717, 1.165) is 24.1 Å². The van der Waals surface area contributed by atoms with Gasteiger partial charge in [-0.3, -0.25) is 9.48 Å². The maximum Gasteiger partial charge on any atom is 0.275 e. The van der Waals surface area contributed by atoms with Gasteiger partial charge in [0.05, 0.1) is 4.47 Å². The predicted octanol–water partition coefficient (Wildman–Crippen LogP) is 0.616. The summed E-state index contributed by atoms with van der Waals surface area (Å²) in [5.41, 5.74) is 0.497. The Labute approximate surface area is 103 Å². The molecule has 1 aliphatic heterocycles. The Kier molecular flexibility index (Phi) is 3.30. The lowest BCUT2D eigenvalue weighted by Gasteiger charge is -2.31. The van der Waals surface area contributed by atoms with Crippen molar-refractivity contribution in [2.24, 2.45) is 7.05 Å². The van der Waals surface area contributed by atoms with E-state index in [2.05, 4.69) is 33.3 Å². The van der Waals surface area contributed by atoms with Gasteiger partial charge in [-0.05, 0) is 22.9 Å². The third kappa shape index (κ3) is 2.27. The van der Waals surface area contributed by atoms with Crippen molar-refractivity contribution in [3.63, 3.8) is 0 Å². The molecule has 0 bridgehead atoms. The fraction of sp³-hybridized carbons (Fsp3) is 0.600. The second-order valence-corrected chi connectivity index (χ2v) is 4.96. The average molecular weight is 287 g/mol. The topological polar surface area (TPSA) is 50.2 Å². The van der Waals surface area contributed by atoms with Crippen LogP contribution in [0.15, 0.2) is 10.7 Å². The molecule has 0 radical (unpaired) electrons. The van der Waals surface area contributed by atoms with Gasteiger partial charge >= 0.3 is 0 Å². The van der Waals surface area contributed by atoms with Crippen molar-refractivity contribution in [1.29, 1.82) is 0 Å². The summed E-state index contributed by atoms with van der Waals surface area (Å²) in [6, 6.07) is 0.347. The Morgan fingerprint density at radius 1 is 1.69 bits per heavy atom. The van der Waals surface area contributed by atoms with Crippen LogP contribution in [0.1, 0.15) is 17.4 Å². The largest absolute Gasteiger partial charge is 0.334 e. The molecule has 1 atom stereocenters. The Bertz CT molecular complexity index is 404. The molecular weight excluding hydrogens is 272 g/mol. The maximum absolute atomic E-state index is 12.2. The van der Waals surface area contributed by atoms with Crippen LogP contribution in [0.2, 0.25) is 0 Å². The van der Waals surface area contributed by atoms with Crippen LogP contribution in [0.5, 0.6) is 0 Å². The summed E-state index contributed by atoms with van der Waals surface area (Å²) in [4.78, 5) is 14.0. The summed E-state index contributed by atoms with van der Waals surface area (Å²) in [7, 11) is 1.81. The van der Waals surface area contributed by atoms with Crippen molar-refractivity contribution < 1.29 is 4.79 Å². The molecule has 16 heavy (non-hydrogen) atoms. The molecule has 5 nitrogen and oxygen atoms in total. The fourth-order valence-corrected chi connectivity index (χ4v) is 2.42. The minimum absolute atomic E-state index is 0.000764. The summed E-state index contributed by atoms with van der Waals surface area (Å²) in [6.45, 7) is 4.40. The molecule has 1 aromatic rings. The fourth-order valence-electron chi connectivity index (χ4n) is 1.87. The number of carbonyl (C=O) groups excluding carboxylic acids is 1. The van der Waals surface area contributed by atoms with Crippen LogP contribution >= 0.6 is 15.9 Å². The van der Waals surface area contributed by atoms with Crippen LogP contribution in [0.3, 0.4) is 0 Å². The molecule has 1 saturated heterocycles. The Morgan fingerprint density at radius 2 is 2.44 bits per heavy atom. The summed E-state index contributed by atoms with van der Waals surface area (Å²) in [5.74, 6) is 0.000764. The van der Waals surface area contributed by atoms with Gasteiger partial charge < -0.3 is 10.2 Å². The number of halogens is 1. The van der Waals surface area contributed by atoms with Gasteiger partial charge in [-0.25, -0.2) is 0 Å². The van der Waals surface area contributed by atoms with Crippen molar-refractivity contribution in [3.8, 4) is 0 Å². The molecule has 6 heteroatoms. The van der Waals surface area contributed by atoms with Crippen molar-refractivity contribution in [2.45, 2.75) is 13.0 Å². The second-order valence-electron chi connectivity index (χ2n) is 4.11. The first-order valence-corrected chi connectivity index (χ1v) is 6.09. The number of aromatic nitrogens is 2. The average Bonchev–Trinajstić information content (AvgIpc) is 2.57. The number of rotatable bonds is 1. The second kappa shape index (κ2) is 4.55. The van der Waals surface area contributed by atoms with Gasteiger partial charge in [0.15, 0.2) is 5.69 Å². The van der Waals surface area contributed by atoms with E-state index in [-0.39, 0.29) is 5.91 Å². The Hall–Kier alpha value is -0.880. The number of piperazine rings is 1. The minimum Gasteiger partial charge on any atom is -0.334 e. The van der Waals surface area contributed by atoms with Crippen molar-refractivity contribution in [3.05, 3.63) is 16.4 Å². The number of aryl methyl sites for hydroxylation is 1. The number of nitrogens with zero attached hydrogens (tertiary/aromatic N) is 3. The molecule has 0 aromatic carbocycles. The number of amides is 1. The van der Waals surface area contributed by atoms with E-state index in [1.807, 2.05) is 11.9 Å². The molecule has 1 fully saturated rings. The molecule has 0 unspecified atom stereocenters. The van der Waals surface area contributed by atoms with E-state index in [9.17, 15) is 4.79 Å². The van der Waals surface area contributed by atoms with Gasteiger partial charge in [-0.2, -0.15) is 5.10 Å². The zero-order valence-electron chi connectivity index (χ0n) is 9.40. The summed E-state index contributed by atoms with van der Waals surface area (Å²) < 4.78 is 2.40. The molecule has 1 aromatic heterocycles. The highest BCUT2D eigenvalue weighted by Crippen LogP contribution is 2.17. The first-order chi connectivity index (χ1) is 7.58. The monoisotopic (exact) mass is 286 g/mol. The molecular formula is C10H15BrN4O. The van der Waals surface area contributed by atoms with Gasteiger partial charge in [-0.1, -0.05) is 0 Å². The van der Waals surface area contributed by atoms with E-state index >= 15 is 0 Å². The normalized spacial score (nSPS) is 21.2. The standard InChI is InChI=1S/C10H15BrN4O/c1-7-5-15(4-3-12-7)10(16)9-8(11)6-14(2)13-9/h6-7,12H,3-5H2,1-2H3/t7-/m0/s1. The first kappa shape index (κ1) is 11.6. The van der Waals surface area contributed by atoms with Crippen LogP contribution < -0.4 is 5.32 Å². The number of hydrogen-bond acceptors (Lipinski definition) is 3. The molecule has 2 rings (SSSR count).